The van der Waals surface area contributed by atoms with Crippen molar-refractivity contribution in [2.75, 3.05) is 0 Å². The molecule has 4 nitrogen and oxygen atoms in total. The fraction of sp³-hybridized carbons (Fsp3) is 0. The maximum Gasteiger partial charge on any atom is 0.337 e. The summed E-state index contributed by atoms with van der Waals surface area (Å²) < 4.78 is 5.17. The van der Waals surface area contributed by atoms with Gasteiger partial charge in [-0.1, -0.05) is 23.7 Å². The molecule has 0 saturated heterocycles. The van der Waals surface area contributed by atoms with Gasteiger partial charge in [-0.15, -0.1) is 0 Å². The molecule has 0 amide bonds. The number of halogens is 1. The van der Waals surface area contributed by atoms with Crippen molar-refractivity contribution in [2.24, 2.45) is 0 Å². The lowest BCUT2D eigenvalue weighted by Crippen LogP contribution is -2.00. The van der Waals surface area contributed by atoms with Crippen LogP contribution in [0.2, 0.25) is 5.02 Å². The molecule has 0 aliphatic rings. The molecule has 1 N–H and O–H groups in total. The molecule has 0 fully saturated rings. The first-order valence-corrected chi connectivity index (χ1v) is 5.08. The summed E-state index contributed by atoms with van der Waals surface area (Å²) in [4.78, 5) is 21.6. The van der Waals surface area contributed by atoms with Crippen molar-refractivity contribution in [1.82, 2.24) is 0 Å². The number of hydrogen-bond acceptors (Lipinski definition) is 3. The zero-order valence-corrected chi connectivity index (χ0v) is 9.27. The maximum absolute atomic E-state index is 11.1. The summed E-state index contributed by atoms with van der Waals surface area (Å²) in [5, 5.41) is 9.20. The second kappa shape index (κ2) is 4.43. The first kappa shape index (κ1) is 11.4. The second-order valence-electron chi connectivity index (χ2n) is 3.29. The molecule has 17 heavy (non-hydrogen) atoms. The summed E-state index contributed by atoms with van der Waals surface area (Å²) in [6, 6.07) is 7.67. The van der Waals surface area contributed by atoms with Gasteiger partial charge in [0.05, 0.1) is 10.6 Å². The van der Waals surface area contributed by atoms with Gasteiger partial charge in [0.2, 0.25) is 0 Å². The van der Waals surface area contributed by atoms with Crippen molar-refractivity contribution in [2.45, 2.75) is 0 Å². The Morgan fingerprint density at radius 1 is 1.29 bits per heavy atom. The molecule has 2 aromatic rings. The number of hydrogen-bond donors (Lipinski definition) is 1. The highest BCUT2D eigenvalue weighted by atomic mass is 35.5. The third kappa shape index (κ3) is 2.07. The van der Waals surface area contributed by atoms with Crippen LogP contribution in [0, 0.1) is 0 Å². The van der Waals surface area contributed by atoms with E-state index in [2.05, 4.69) is 0 Å². The van der Waals surface area contributed by atoms with Gasteiger partial charge < -0.3 is 9.52 Å². The highest BCUT2D eigenvalue weighted by Gasteiger charge is 2.17. The first-order chi connectivity index (χ1) is 8.13. The van der Waals surface area contributed by atoms with Gasteiger partial charge in [-0.25, -0.2) is 4.79 Å². The predicted molar refractivity (Wildman–Crippen MR) is 61.5 cm³/mol. The van der Waals surface area contributed by atoms with Crippen molar-refractivity contribution in [3.63, 3.8) is 0 Å². The van der Waals surface area contributed by atoms with E-state index in [9.17, 15) is 9.59 Å². The number of aldehydes is 1. The third-order valence-corrected chi connectivity index (χ3v) is 2.55. The Labute approximate surface area is 101 Å². The molecular formula is C12H7ClO4. The minimum absolute atomic E-state index is 0.0408. The lowest BCUT2D eigenvalue weighted by Gasteiger charge is -2.04. The molecule has 1 heterocycles. The number of rotatable bonds is 3. The van der Waals surface area contributed by atoms with E-state index in [0.717, 1.165) is 0 Å². The Morgan fingerprint density at radius 2 is 2.06 bits per heavy atom. The quantitative estimate of drug-likeness (QED) is 0.850. The fourth-order valence-electron chi connectivity index (χ4n) is 1.51. The third-order valence-electron chi connectivity index (χ3n) is 2.24. The fourth-order valence-corrected chi connectivity index (χ4v) is 1.76. The van der Waals surface area contributed by atoms with Crippen LogP contribution in [0.25, 0.3) is 11.3 Å². The van der Waals surface area contributed by atoms with Gasteiger partial charge in [0.1, 0.15) is 5.76 Å². The smallest absolute Gasteiger partial charge is 0.337 e. The lowest BCUT2D eigenvalue weighted by molar-refractivity contribution is 0.0697. The topological polar surface area (TPSA) is 67.5 Å². The Morgan fingerprint density at radius 3 is 2.65 bits per heavy atom. The van der Waals surface area contributed by atoms with E-state index in [-0.39, 0.29) is 16.3 Å². The molecule has 1 aromatic heterocycles. The van der Waals surface area contributed by atoms with Crippen molar-refractivity contribution < 1.29 is 19.1 Å². The van der Waals surface area contributed by atoms with E-state index in [1.807, 2.05) is 0 Å². The van der Waals surface area contributed by atoms with Gasteiger partial charge in [-0.2, -0.15) is 0 Å². The Kier molecular flexibility index (Phi) is 2.97. The lowest BCUT2D eigenvalue weighted by atomic mass is 10.1. The van der Waals surface area contributed by atoms with E-state index in [1.165, 1.54) is 18.2 Å². The summed E-state index contributed by atoms with van der Waals surface area (Å²) in [6.07, 6.45) is 0.550. The molecule has 86 valence electrons. The van der Waals surface area contributed by atoms with Crippen molar-refractivity contribution in [1.29, 1.82) is 0 Å². The summed E-state index contributed by atoms with van der Waals surface area (Å²) >= 11 is 5.82. The molecule has 0 spiro atoms. The monoisotopic (exact) mass is 250 g/mol. The van der Waals surface area contributed by atoms with E-state index in [0.29, 0.717) is 17.6 Å². The van der Waals surface area contributed by atoms with Gasteiger partial charge in [-0.3, -0.25) is 4.79 Å². The van der Waals surface area contributed by atoms with Gasteiger partial charge >= 0.3 is 5.97 Å². The number of carbonyl (C=O) groups excluding carboxylic acids is 1. The summed E-state index contributed by atoms with van der Waals surface area (Å²) in [6.45, 7) is 0. The standard InChI is InChI=1S/C12H7ClO4/c13-9-3-1-2-8(11(9)12(15)16)10-5-4-7(6-14)17-10/h1-6H,(H,15,16). The van der Waals surface area contributed by atoms with Gasteiger partial charge in [0.15, 0.2) is 12.0 Å². The minimum atomic E-state index is -1.14. The van der Waals surface area contributed by atoms with E-state index >= 15 is 0 Å². The summed E-state index contributed by atoms with van der Waals surface area (Å²) in [5.74, 6) is -0.710. The number of furan rings is 1. The van der Waals surface area contributed by atoms with Crippen LogP contribution in [0.4, 0.5) is 0 Å². The molecule has 1 aromatic carbocycles. The van der Waals surface area contributed by atoms with Crippen molar-refractivity contribution >= 4 is 23.9 Å². The molecule has 5 heteroatoms. The second-order valence-corrected chi connectivity index (χ2v) is 3.69. The number of carbonyl (C=O) groups is 2. The van der Waals surface area contributed by atoms with Crippen LogP contribution in [0.3, 0.4) is 0 Å². The minimum Gasteiger partial charge on any atom is -0.478 e. The zero-order chi connectivity index (χ0) is 12.4. The first-order valence-electron chi connectivity index (χ1n) is 4.70. The van der Waals surface area contributed by atoms with Crippen LogP contribution >= 0.6 is 11.6 Å². The summed E-state index contributed by atoms with van der Waals surface area (Å²) in [7, 11) is 0. The molecular weight excluding hydrogens is 244 g/mol. The van der Waals surface area contributed by atoms with Crippen LogP contribution in [-0.4, -0.2) is 17.4 Å². The Balaban J connectivity index is 2.62. The SMILES string of the molecule is O=Cc1ccc(-c2cccc(Cl)c2C(=O)O)o1. The number of aromatic carboxylic acids is 1. The van der Waals surface area contributed by atoms with E-state index in [1.54, 1.807) is 12.1 Å². The van der Waals surface area contributed by atoms with Crippen molar-refractivity contribution in [3.05, 3.63) is 46.7 Å². The maximum atomic E-state index is 11.1. The van der Waals surface area contributed by atoms with Gasteiger partial charge in [0.25, 0.3) is 0 Å². The molecule has 0 bridgehead atoms. The average molecular weight is 251 g/mol. The molecule has 0 atom stereocenters. The number of benzene rings is 1. The number of carboxylic acids is 1. The highest BCUT2D eigenvalue weighted by Crippen LogP contribution is 2.30. The predicted octanol–water partition coefficient (Wildman–Crippen LogP) is 3.11. The van der Waals surface area contributed by atoms with E-state index < -0.39 is 5.97 Å². The number of carboxylic acid groups (broad SMARTS) is 1. The van der Waals surface area contributed by atoms with Gasteiger partial charge in [-0.05, 0) is 18.2 Å². The molecule has 0 saturated carbocycles. The van der Waals surface area contributed by atoms with Crippen LogP contribution < -0.4 is 0 Å². The molecule has 0 radical (unpaired) electrons. The Hall–Kier alpha value is -2.07. The molecule has 0 aliphatic heterocycles. The zero-order valence-electron chi connectivity index (χ0n) is 8.51. The Bertz CT molecular complexity index is 586. The highest BCUT2D eigenvalue weighted by molar-refractivity contribution is 6.34. The van der Waals surface area contributed by atoms with Crippen LogP contribution in [0.5, 0.6) is 0 Å². The molecule has 2 rings (SSSR count). The van der Waals surface area contributed by atoms with Crippen molar-refractivity contribution in [3.8, 4) is 11.3 Å². The van der Waals surface area contributed by atoms with Crippen LogP contribution in [0.1, 0.15) is 20.9 Å². The largest absolute Gasteiger partial charge is 0.478 e. The summed E-state index contributed by atoms with van der Waals surface area (Å²) in [5.41, 5.74) is 0.305. The van der Waals surface area contributed by atoms with Gasteiger partial charge in [0, 0.05) is 5.56 Å². The normalized spacial score (nSPS) is 10.2. The van der Waals surface area contributed by atoms with E-state index in [4.69, 9.17) is 21.1 Å². The molecule has 0 aliphatic carbocycles. The van der Waals surface area contributed by atoms with Crippen LogP contribution in [0.15, 0.2) is 34.7 Å². The average Bonchev–Trinajstić information content (AvgIpc) is 2.76. The van der Waals surface area contributed by atoms with Crippen LogP contribution in [-0.2, 0) is 0 Å². The molecule has 0 unspecified atom stereocenters.